The van der Waals surface area contributed by atoms with Crippen molar-refractivity contribution in [2.24, 2.45) is 0 Å². The first kappa shape index (κ1) is 15.4. The van der Waals surface area contributed by atoms with Crippen molar-refractivity contribution in [2.45, 2.75) is 0 Å². The average Bonchev–Trinajstić information content (AvgIpc) is 2.54. The van der Waals surface area contributed by atoms with Gasteiger partial charge in [0.25, 0.3) is 0 Å². The zero-order valence-corrected chi connectivity index (χ0v) is 13.6. The molecule has 0 aliphatic carbocycles. The molecule has 0 unspecified atom stereocenters. The number of ether oxygens (including phenoxy) is 2. The fourth-order valence-electron chi connectivity index (χ4n) is 2.06. The predicted molar refractivity (Wildman–Crippen MR) is 88.8 cm³/mol. The van der Waals surface area contributed by atoms with E-state index < -0.39 is 11.8 Å². The molecule has 7 heteroatoms. The van der Waals surface area contributed by atoms with Crippen LogP contribution in [0.25, 0.3) is 0 Å². The Bertz CT molecular complexity index is 763. The summed E-state index contributed by atoms with van der Waals surface area (Å²) in [6.45, 7) is 0.946. The summed E-state index contributed by atoms with van der Waals surface area (Å²) in [7, 11) is 0. The van der Waals surface area contributed by atoms with E-state index >= 15 is 0 Å². The molecular formula is C16H13BrN2O4. The molecule has 0 saturated heterocycles. The molecule has 1 aliphatic heterocycles. The molecule has 0 spiro atoms. The largest absolute Gasteiger partial charge is 0.486 e. The van der Waals surface area contributed by atoms with Crippen LogP contribution in [0.3, 0.4) is 0 Å². The van der Waals surface area contributed by atoms with Gasteiger partial charge in [-0.15, -0.1) is 0 Å². The molecule has 3 rings (SSSR count). The molecule has 0 saturated carbocycles. The van der Waals surface area contributed by atoms with Crippen molar-refractivity contribution in [3.63, 3.8) is 0 Å². The second kappa shape index (κ2) is 6.70. The molecule has 2 aromatic rings. The maximum Gasteiger partial charge on any atom is 0.314 e. The number of carbonyl (C=O) groups is 2. The summed E-state index contributed by atoms with van der Waals surface area (Å²) in [5.74, 6) is -0.353. The van der Waals surface area contributed by atoms with E-state index in [0.29, 0.717) is 36.1 Å². The maximum absolute atomic E-state index is 12.0. The minimum atomic E-state index is -0.762. The van der Waals surface area contributed by atoms with E-state index in [9.17, 15) is 9.59 Å². The molecule has 0 radical (unpaired) electrons. The third-order valence-corrected chi connectivity index (χ3v) is 3.58. The number of carbonyl (C=O) groups excluding carboxylic acids is 2. The normalized spacial score (nSPS) is 12.4. The second-order valence-corrected chi connectivity index (χ2v) is 5.69. The Kier molecular flexibility index (Phi) is 4.47. The number of hydrogen-bond acceptors (Lipinski definition) is 4. The first-order chi connectivity index (χ1) is 11.1. The molecule has 2 aromatic carbocycles. The third kappa shape index (κ3) is 3.81. The van der Waals surface area contributed by atoms with E-state index in [4.69, 9.17) is 9.47 Å². The SMILES string of the molecule is O=C(Nc1cccc(Br)c1)C(=O)Nc1ccc2c(c1)OCCO2. The van der Waals surface area contributed by atoms with Crippen molar-refractivity contribution in [3.8, 4) is 11.5 Å². The number of fused-ring (bicyclic) bond motifs is 1. The molecule has 23 heavy (non-hydrogen) atoms. The van der Waals surface area contributed by atoms with Crippen molar-refractivity contribution < 1.29 is 19.1 Å². The van der Waals surface area contributed by atoms with E-state index in [2.05, 4.69) is 26.6 Å². The Labute approximate surface area is 140 Å². The Morgan fingerprint density at radius 3 is 2.22 bits per heavy atom. The number of halogens is 1. The van der Waals surface area contributed by atoms with Crippen LogP contribution in [0.1, 0.15) is 0 Å². The number of anilines is 2. The topological polar surface area (TPSA) is 76.7 Å². The molecule has 0 bridgehead atoms. The van der Waals surface area contributed by atoms with Crippen LogP contribution in [0.2, 0.25) is 0 Å². The van der Waals surface area contributed by atoms with Crippen molar-refractivity contribution in [2.75, 3.05) is 23.8 Å². The molecule has 0 atom stereocenters. The molecule has 0 fully saturated rings. The summed E-state index contributed by atoms with van der Waals surface area (Å²) in [6, 6.07) is 11.9. The van der Waals surface area contributed by atoms with Gasteiger partial charge in [0.1, 0.15) is 13.2 Å². The minimum Gasteiger partial charge on any atom is -0.486 e. The van der Waals surface area contributed by atoms with Gasteiger partial charge in [-0.1, -0.05) is 22.0 Å². The Morgan fingerprint density at radius 1 is 0.870 bits per heavy atom. The number of nitrogens with one attached hydrogen (secondary N) is 2. The van der Waals surface area contributed by atoms with Crippen molar-refractivity contribution >= 4 is 39.1 Å². The molecule has 1 aliphatic rings. The quantitative estimate of drug-likeness (QED) is 0.790. The summed E-state index contributed by atoms with van der Waals surface area (Å²) >= 11 is 3.30. The van der Waals surface area contributed by atoms with E-state index in [-0.39, 0.29) is 0 Å². The van der Waals surface area contributed by atoms with Crippen LogP contribution in [-0.4, -0.2) is 25.0 Å². The number of amides is 2. The smallest absolute Gasteiger partial charge is 0.314 e. The van der Waals surface area contributed by atoms with E-state index in [1.54, 1.807) is 36.4 Å². The van der Waals surface area contributed by atoms with Crippen LogP contribution in [0.5, 0.6) is 11.5 Å². The lowest BCUT2D eigenvalue weighted by atomic mass is 10.2. The van der Waals surface area contributed by atoms with Gasteiger partial charge in [-0.05, 0) is 30.3 Å². The second-order valence-electron chi connectivity index (χ2n) is 4.78. The van der Waals surface area contributed by atoms with Crippen LogP contribution < -0.4 is 20.1 Å². The lowest BCUT2D eigenvalue weighted by Crippen LogP contribution is -2.29. The van der Waals surface area contributed by atoms with Gasteiger partial charge in [0, 0.05) is 21.9 Å². The van der Waals surface area contributed by atoms with Gasteiger partial charge >= 0.3 is 11.8 Å². The minimum absolute atomic E-state index is 0.452. The zero-order chi connectivity index (χ0) is 16.2. The Hall–Kier alpha value is -2.54. The summed E-state index contributed by atoms with van der Waals surface area (Å²) in [5, 5.41) is 5.06. The standard InChI is InChI=1S/C16H13BrN2O4/c17-10-2-1-3-11(8-10)18-15(20)16(21)19-12-4-5-13-14(9-12)23-7-6-22-13/h1-5,8-9H,6-7H2,(H,18,20)(H,19,21). The summed E-state index contributed by atoms with van der Waals surface area (Å²) in [5.41, 5.74) is 0.991. The predicted octanol–water partition coefficient (Wildman–Crippen LogP) is 2.80. The highest BCUT2D eigenvalue weighted by molar-refractivity contribution is 9.10. The summed E-state index contributed by atoms with van der Waals surface area (Å²) in [4.78, 5) is 23.9. The average molecular weight is 377 g/mol. The van der Waals surface area contributed by atoms with Gasteiger partial charge < -0.3 is 20.1 Å². The van der Waals surface area contributed by atoms with Crippen LogP contribution >= 0.6 is 15.9 Å². The van der Waals surface area contributed by atoms with Crippen molar-refractivity contribution in [3.05, 3.63) is 46.9 Å². The van der Waals surface area contributed by atoms with Gasteiger partial charge in [-0.2, -0.15) is 0 Å². The number of hydrogen-bond donors (Lipinski definition) is 2. The maximum atomic E-state index is 12.0. The molecular weight excluding hydrogens is 364 g/mol. The molecule has 2 N–H and O–H groups in total. The summed E-state index contributed by atoms with van der Waals surface area (Å²) in [6.07, 6.45) is 0. The van der Waals surface area contributed by atoms with E-state index in [1.165, 1.54) is 0 Å². The van der Waals surface area contributed by atoms with Gasteiger partial charge in [0.2, 0.25) is 0 Å². The highest BCUT2D eigenvalue weighted by Gasteiger charge is 2.17. The highest BCUT2D eigenvalue weighted by atomic mass is 79.9. The molecule has 2 amide bonds. The molecule has 0 aromatic heterocycles. The zero-order valence-electron chi connectivity index (χ0n) is 12.0. The monoisotopic (exact) mass is 376 g/mol. The first-order valence-electron chi connectivity index (χ1n) is 6.89. The van der Waals surface area contributed by atoms with E-state index in [1.807, 2.05) is 6.07 Å². The number of rotatable bonds is 2. The molecule has 1 heterocycles. The van der Waals surface area contributed by atoms with Crippen LogP contribution in [0, 0.1) is 0 Å². The van der Waals surface area contributed by atoms with Crippen molar-refractivity contribution in [1.82, 2.24) is 0 Å². The molecule has 118 valence electrons. The van der Waals surface area contributed by atoms with Crippen LogP contribution in [-0.2, 0) is 9.59 Å². The first-order valence-corrected chi connectivity index (χ1v) is 7.69. The lowest BCUT2D eigenvalue weighted by Gasteiger charge is -2.18. The third-order valence-electron chi connectivity index (χ3n) is 3.09. The summed E-state index contributed by atoms with van der Waals surface area (Å²) < 4.78 is 11.6. The van der Waals surface area contributed by atoms with Gasteiger partial charge in [-0.25, -0.2) is 0 Å². The number of benzene rings is 2. The molecule has 6 nitrogen and oxygen atoms in total. The fraction of sp³-hybridized carbons (Fsp3) is 0.125. The fourth-order valence-corrected chi connectivity index (χ4v) is 2.46. The van der Waals surface area contributed by atoms with E-state index in [0.717, 1.165) is 4.47 Å². The van der Waals surface area contributed by atoms with Gasteiger partial charge in [-0.3, -0.25) is 9.59 Å². The highest BCUT2D eigenvalue weighted by Crippen LogP contribution is 2.32. The Balaban J connectivity index is 1.65. The lowest BCUT2D eigenvalue weighted by molar-refractivity contribution is -0.133. The Morgan fingerprint density at radius 2 is 1.52 bits per heavy atom. The van der Waals surface area contributed by atoms with Crippen molar-refractivity contribution in [1.29, 1.82) is 0 Å². The van der Waals surface area contributed by atoms with Crippen LogP contribution in [0.15, 0.2) is 46.9 Å². The van der Waals surface area contributed by atoms with Gasteiger partial charge in [0.15, 0.2) is 11.5 Å². The van der Waals surface area contributed by atoms with Crippen LogP contribution in [0.4, 0.5) is 11.4 Å². The van der Waals surface area contributed by atoms with Gasteiger partial charge in [0.05, 0.1) is 0 Å².